The molecule has 1 aromatic carbocycles. The van der Waals surface area contributed by atoms with Crippen LogP contribution in [0.4, 0.5) is 5.69 Å². The highest BCUT2D eigenvalue weighted by Gasteiger charge is 2.22. The summed E-state index contributed by atoms with van der Waals surface area (Å²) < 4.78 is 0. The summed E-state index contributed by atoms with van der Waals surface area (Å²) in [4.78, 5) is 4.86. The fourth-order valence-electron chi connectivity index (χ4n) is 2.61. The molecular weight excluding hydrogens is 246 g/mol. The van der Waals surface area contributed by atoms with Crippen LogP contribution in [0.25, 0.3) is 0 Å². The molecule has 0 radical (unpaired) electrons. The lowest BCUT2D eigenvalue weighted by Gasteiger charge is -2.40. The van der Waals surface area contributed by atoms with Gasteiger partial charge in [-0.2, -0.15) is 0 Å². The standard InChI is InChI=1S/C14H22ClN3/c1-2-12(11-16)17-7-9-18(10-8-17)14-6-4-3-5-13(14)15/h3-6,12H,2,7-11,16H2,1H3. The topological polar surface area (TPSA) is 32.5 Å². The maximum Gasteiger partial charge on any atom is 0.0639 e. The van der Waals surface area contributed by atoms with Gasteiger partial charge in [-0.1, -0.05) is 30.7 Å². The molecule has 0 bridgehead atoms. The second-order valence-electron chi connectivity index (χ2n) is 4.77. The van der Waals surface area contributed by atoms with Crippen LogP contribution < -0.4 is 10.6 Å². The summed E-state index contributed by atoms with van der Waals surface area (Å²) in [6.07, 6.45) is 1.13. The summed E-state index contributed by atoms with van der Waals surface area (Å²) in [5.74, 6) is 0. The largest absolute Gasteiger partial charge is 0.368 e. The quantitative estimate of drug-likeness (QED) is 0.908. The van der Waals surface area contributed by atoms with Crippen molar-refractivity contribution in [3.05, 3.63) is 29.3 Å². The van der Waals surface area contributed by atoms with E-state index in [-0.39, 0.29) is 0 Å². The summed E-state index contributed by atoms with van der Waals surface area (Å²) >= 11 is 6.24. The third-order valence-corrected chi connectivity index (χ3v) is 4.09. The molecule has 0 amide bonds. The predicted octanol–water partition coefficient (Wildman–Crippen LogP) is 2.20. The Balaban J connectivity index is 1.96. The molecule has 1 saturated heterocycles. The molecule has 0 saturated carbocycles. The van der Waals surface area contributed by atoms with Crippen LogP contribution in [-0.4, -0.2) is 43.7 Å². The molecule has 2 N–H and O–H groups in total. The lowest BCUT2D eigenvalue weighted by atomic mass is 10.1. The fourth-order valence-corrected chi connectivity index (χ4v) is 2.87. The van der Waals surface area contributed by atoms with Gasteiger partial charge in [0, 0.05) is 38.8 Å². The molecular formula is C14H22ClN3. The van der Waals surface area contributed by atoms with Crippen LogP contribution in [0.1, 0.15) is 13.3 Å². The van der Waals surface area contributed by atoms with Gasteiger partial charge in [0.1, 0.15) is 0 Å². The molecule has 1 atom stereocenters. The minimum absolute atomic E-state index is 0.526. The number of piperazine rings is 1. The van der Waals surface area contributed by atoms with Crippen LogP contribution in [0.15, 0.2) is 24.3 Å². The van der Waals surface area contributed by atoms with Gasteiger partial charge in [-0.25, -0.2) is 0 Å². The lowest BCUT2D eigenvalue weighted by Crippen LogP contribution is -2.52. The molecule has 1 aliphatic heterocycles. The van der Waals surface area contributed by atoms with Gasteiger partial charge < -0.3 is 10.6 Å². The molecule has 1 aliphatic rings. The fraction of sp³-hybridized carbons (Fsp3) is 0.571. The summed E-state index contributed by atoms with van der Waals surface area (Å²) in [5.41, 5.74) is 6.96. The highest BCUT2D eigenvalue weighted by molar-refractivity contribution is 6.33. The first-order chi connectivity index (χ1) is 8.76. The Kier molecular flexibility index (Phi) is 4.87. The highest BCUT2D eigenvalue weighted by Crippen LogP contribution is 2.26. The predicted molar refractivity (Wildman–Crippen MR) is 78.4 cm³/mol. The average Bonchev–Trinajstić information content (AvgIpc) is 2.42. The average molecular weight is 268 g/mol. The van der Waals surface area contributed by atoms with E-state index in [1.165, 1.54) is 0 Å². The van der Waals surface area contributed by atoms with Gasteiger partial charge in [-0.3, -0.25) is 4.90 Å². The minimum atomic E-state index is 0.526. The van der Waals surface area contributed by atoms with Gasteiger partial charge in [-0.15, -0.1) is 0 Å². The van der Waals surface area contributed by atoms with Gasteiger partial charge >= 0.3 is 0 Å². The molecule has 1 unspecified atom stereocenters. The molecule has 0 aliphatic carbocycles. The first kappa shape index (κ1) is 13.7. The minimum Gasteiger partial charge on any atom is -0.368 e. The number of nitrogens with zero attached hydrogens (tertiary/aromatic N) is 2. The maximum absolute atomic E-state index is 6.24. The number of hydrogen-bond acceptors (Lipinski definition) is 3. The Labute approximate surface area is 115 Å². The zero-order valence-electron chi connectivity index (χ0n) is 11.0. The van der Waals surface area contributed by atoms with E-state index in [0.29, 0.717) is 6.04 Å². The van der Waals surface area contributed by atoms with Crippen molar-refractivity contribution in [3.63, 3.8) is 0 Å². The number of halogens is 1. The van der Waals surface area contributed by atoms with Crippen LogP contribution in [0, 0.1) is 0 Å². The van der Waals surface area contributed by atoms with Crippen molar-refractivity contribution in [2.45, 2.75) is 19.4 Å². The van der Waals surface area contributed by atoms with Crippen molar-refractivity contribution in [3.8, 4) is 0 Å². The van der Waals surface area contributed by atoms with Crippen LogP contribution in [0.5, 0.6) is 0 Å². The van der Waals surface area contributed by atoms with Crippen molar-refractivity contribution in [2.75, 3.05) is 37.6 Å². The molecule has 1 heterocycles. The third-order valence-electron chi connectivity index (χ3n) is 3.77. The number of benzene rings is 1. The summed E-state index contributed by atoms with van der Waals surface area (Å²) in [6, 6.07) is 8.60. The van der Waals surface area contributed by atoms with E-state index >= 15 is 0 Å². The molecule has 18 heavy (non-hydrogen) atoms. The van der Waals surface area contributed by atoms with Gasteiger partial charge in [0.05, 0.1) is 10.7 Å². The zero-order chi connectivity index (χ0) is 13.0. The number of nitrogens with two attached hydrogens (primary N) is 1. The Morgan fingerprint density at radius 1 is 1.22 bits per heavy atom. The second-order valence-corrected chi connectivity index (χ2v) is 5.18. The molecule has 2 rings (SSSR count). The van der Waals surface area contributed by atoms with Crippen molar-refractivity contribution in [1.82, 2.24) is 4.90 Å². The third kappa shape index (κ3) is 2.97. The van der Waals surface area contributed by atoms with Crippen molar-refractivity contribution in [2.24, 2.45) is 5.73 Å². The van der Waals surface area contributed by atoms with E-state index in [1.54, 1.807) is 0 Å². The van der Waals surface area contributed by atoms with Gasteiger partial charge in [-0.05, 0) is 18.6 Å². The molecule has 1 aromatic rings. The second kappa shape index (κ2) is 6.41. The van der Waals surface area contributed by atoms with E-state index < -0.39 is 0 Å². The van der Waals surface area contributed by atoms with E-state index in [1.807, 2.05) is 18.2 Å². The Morgan fingerprint density at radius 3 is 2.44 bits per heavy atom. The maximum atomic E-state index is 6.24. The Morgan fingerprint density at radius 2 is 1.89 bits per heavy atom. The van der Waals surface area contributed by atoms with Crippen molar-refractivity contribution < 1.29 is 0 Å². The van der Waals surface area contributed by atoms with Crippen LogP contribution >= 0.6 is 11.6 Å². The number of rotatable bonds is 4. The number of anilines is 1. The lowest BCUT2D eigenvalue weighted by molar-refractivity contribution is 0.184. The van der Waals surface area contributed by atoms with Crippen LogP contribution in [0.2, 0.25) is 5.02 Å². The van der Waals surface area contributed by atoms with Crippen molar-refractivity contribution in [1.29, 1.82) is 0 Å². The molecule has 100 valence electrons. The number of hydrogen-bond donors (Lipinski definition) is 1. The van der Waals surface area contributed by atoms with E-state index in [4.69, 9.17) is 17.3 Å². The molecule has 4 heteroatoms. The molecule has 3 nitrogen and oxygen atoms in total. The summed E-state index contributed by atoms with van der Waals surface area (Å²) in [5, 5.41) is 0.844. The first-order valence-electron chi connectivity index (χ1n) is 6.69. The Hall–Kier alpha value is -0.770. The SMILES string of the molecule is CCC(CN)N1CCN(c2ccccc2Cl)CC1. The summed E-state index contributed by atoms with van der Waals surface area (Å²) in [7, 11) is 0. The normalized spacial score (nSPS) is 18.9. The number of para-hydroxylation sites is 1. The zero-order valence-corrected chi connectivity index (χ0v) is 11.7. The summed E-state index contributed by atoms with van der Waals surface area (Å²) in [6.45, 7) is 7.16. The van der Waals surface area contributed by atoms with Gasteiger partial charge in [0.2, 0.25) is 0 Å². The van der Waals surface area contributed by atoms with Crippen molar-refractivity contribution >= 4 is 17.3 Å². The van der Waals surface area contributed by atoms with Crippen LogP contribution in [0.3, 0.4) is 0 Å². The smallest absolute Gasteiger partial charge is 0.0639 e. The highest BCUT2D eigenvalue weighted by atomic mass is 35.5. The molecule has 0 spiro atoms. The monoisotopic (exact) mass is 267 g/mol. The van der Waals surface area contributed by atoms with Crippen LogP contribution in [-0.2, 0) is 0 Å². The molecule has 1 fully saturated rings. The molecule has 0 aromatic heterocycles. The van der Waals surface area contributed by atoms with E-state index in [9.17, 15) is 0 Å². The first-order valence-corrected chi connectivity index (χ1v) is 7.07. The van der Waals surface area contributed by atoms with Gasteiger partial charge in [0.25, 0.3) is 0 Å². The van der Waals surface area contributed by atoms with Gasteiger partial charge in [0.15, 0.2) is 0 Å². The Bertz CT molecular complexity index is 371. The van der Waals surface area contributed by atoms with E-state index in [0.717, 1.165) is 49.9 Å². The van der Waals surface area contributed by atoms with E-state index in [2.05, 4.69) is 22.8 Å².